The summed E-state index contributed by atoms with van der Waals surface area (Å²) < 4.78 is 5.24. The molecule has 2 unspecified atom stereocenters. The van der Waals surface area contributed by atoms with Gasteiger partial charge in [0.1, 0.15) is 0 Å². The third kappa shape index (κ3) is 2.74. The first-order valence-corrected chi connectivity index (χ1v) is 6.30. The fourth-order valence-corrected chi connectivity index (χ4v) is 2.71. The van der Waals surface area contributed by atoms with Crippen molar-refractivity contribution in [2.75, 3.05) is 19.8 Å². The first kappa shape index (κ1) is 11.9. The van der Waals surface area contributed by atoms with E-state index >= 15 is 0 Å². The average molecular weight is 227 g/mol. The van der Waals surface area contributed by atoms with Crippen molar-refractivity contribution in [2.24, 2.45) is 11.8 Å². The smallest absolute Gasteiger partial charge is 0.223 e. The minimum absolute atomic E-state index is 0.119. The van der Waals surface area contributed by atoms with E-state index in [9.17, 15) is 9.90 Å². The van der Waals surface area contributed by atoms with Gasteiger partial charge in [-0.05, 0) is 25.7 Å². The van der Waals surface area contributed by atoms with Gasteiger partial charge in [-0.1, -0.05) is 6.42 Å². The number of aliphatic hydroxyl groups is 1. The number of hydrogen-bond donors (Lipinski definition) is 2. The van der Waals surface area contributed by atoms with E-state index in [1.807, 2.05) is 0 Å². The largest absolute Gasteiger partial charge is 0.396 e. The maximum atomic E-state index is 12.0. The van der Waals surface area contributed by atoms with E-state index in [0.717, 1.165) is 32.1 Å². The van der Waals surface area contributed by atoms with Crippen LogP contribution in [0.2, 0.25) is 0 Å². The lowest BCUT2D eigenvalue weighted by atomic mass is 9.97. The Bertz CT molecular complexity index is 238. The fourth-order valence-electron chi connectivity index (χ4n) is 2.71. The molecule has 1 heterocycles. The van der Waals surface area contributed by atoms with Gasteiger partial charge in [-0.3, -0.25) is 4.79 Å². The molecule has 4 nitrogen and oxygen atoms in total. The molecule has 0 aromatic carbocycles. The van der Waals surface area contributed by atoms with Crippen LogP contribution in [-0.4, -0.2) is 36.9 Å². The molecule has 0 bridgehead atoms. The Morgan fingerprint density at radius 3 is 2.69 bits per heavy atom. The molecule has 2 fully saturated rings. The number of amides is 1. The summed E-state index contributed by atoms with van der Waals surface area (Å²) in [5.41, 5.74) is 0. The van der Waals surface area contributed by atoms with Gasteiger partial charge in [0.25, 0.3) is 0 Å². The van der Waals surface area contributed by atoms with E-state index in [-0.39, 0.29) is 30.4 Å². The first-order valence-electron chi connectivity index (χ1n) is 6.30. The Kier molecular flexibility index (Phi) is 4.18. The monoisotopic (exact) mass is 227 g/mol. The topological polar surface area (TPSA) is 58.6 Å². The van der Waals surface area contributed by atoms with E-state index in [0.29, 0.717) is 13.2 Å². The molecule has 2 atom stereocenters. The molecule has 1 aliphatic carbocycles. The summed E-state index contributed by atoms with van der Waals surface area (Å²) in [6, 6.07) is 0.195. The molecule has 2 N–H and O–H groups in total. The number of ether oxygens (including phenoxy) is 1. The summed E-state index contributed by atoms with van der Waals surface area (Å²) in [7, 11) is 0. The second kappa shape index (κ2) is 5.64. The van der Waals surface area contributed by atoms with Crippen LogP contribution in [0.15, 0.2) is 0 Å². The molecule has 1 aliphatic heterocycles. The second-order valence-corrected chi connectivity index (χ2v) is 4.88. The van der Waals surface area contributed by atoms with Crippen molar-refractivity contribution in [3.63, 3.8) is 0 Å². The number of nitrogens with one attached hydrogen (secondary N) is 1. The molecular formula is C12H21NO3. The van der Waals surface area contributed by atoms with Gasteiger partial charge < -0.3 is 15.2 Å². The van der Waals surface area contributed by atoms with Gasteiger partial charge in [0.05, 0.1) is 0 Å². The maximum Gasteiger partial charge on any atom is 0.223 e. The first-order chi connectivity index (χ1) is 7.81. The minimum Gasteiger partial charge on any atom is -0.396 e. The Labute approximate surface area is 96.4 Å². The van der Waals surface area contributed by atoms with Crippen molar-refractivity contribution in [1.82, 2.24) is 5.32 Å². The van der Waals surface area contributed by atoms with Crippen LogP contribution in [0.5, 0.6) is 0 Å². The average Bonchev–Trinajstić information content (AvgIpc) is 2.77. The molecule has 0 spiro atoms. The van der Waals surface area contributed by atoms with E-state index in [4.69, 9.17) is 4.74 Å². The molecule has 0 aromatic heterocycles. The van der Waals surface area contributed by atoms with Crippen molar-refractivity contribution < 1.29 is 14.6 Å². The number of hydrogen-bond acceptors (Lipinski definition) is 3. The van der Waals surface area contributed by atoms with Gasteiger partial charge in [0.15, 0.2) is 0 Å². The zero-order chi connectivity index (χ0) is 11.4. The summed E-state index contributed by atoms with van der Waals surface area (Å²) in [5.74, 6) is 0.547. The number of aliphatic hydroxyl groups excluding tert-OH is 1. The summed E-state index contributed by atoms with van der Waals surface area (Å²) in [5, 5.41) is 12.3. The number of carbonyl (C=O) groups excluding carboxylic acids is 1. The third-order valence-electron chi connectivity index (χ3n) is 3.81. The predicted octanol–water partition coefficient (Wildman–Crippen LogP) is 0.690. The quantitative estimate of drug-likeness (QED) is 0.746. The zero-order valence-electron chi connectivity index (χ0n) is 9.65. The van der Waals surface area contributed by atoms with Crippen LogP contribution in [0.4, 0.5) is 0 Å². The predicted molar refractivity (Wildman–Crippen MR) is 59.9 cm³/mol. The highest BCUT2D eigenvalue weighted by Gasteiger charge is 2.30. The van der Waals surface area contributed by atoms with E-state index in [1.54, 1.807) is 0 Å². The molecule has 1 amide bonds. The Morgan fingerprint density at radius 1 is 1.25 bits per heavy atom. The molecule has 0 radical (unpaired) electrons. The second-order valence-electron chi connectivity index (χ2n) is 4.88. The van der Waals surface area contributed by atoms with Crippen LogP contribution in [-0.2, 0) is 9.53 Å². The zero-order valence-corrected chi connectivity index (χ0v) is 9.65. The van der Waals surface area contributed by atoms with Crippen LogP contribution in [0, 0.1) is 11.8 Å². The Morgan fingerprint density at radius 2 is 2.00 bits per heavy atom. The third-order valence-corrected chi connectivity index (χ3v) is 3.81. The molecule has 16 heavy (non-hydrogen) atoms. The van der Waals surface area contributed by atoms with Gasteiger partial charge in [-0.25, -0.2) is 0 Å². The van der Waals surface area contributed by atoms with Gasteiger partial charge in [-0.2, -0.15) is 0 Å². The lowest BCUT2D eigenvalue weighted by Crippen LogP contribution is -2.43. The molecule has 1 saturated carbocycles. The standard InChI is InChI=1S/C12H21NO3/c14-8-10-2-1-3-11(10)13-12(15)9-4-6-16-7-5-9/h9-11,14H,1-8H2,(H,13,15). The number of carbonyl (C=O) groups is 1. The van der Waals surface area contributed by atoms with Gasteiger partial charge in [0.2, 0.25) is 5.91 Å². The molecule has 4 heteroatoms. The van der Waals surface area contributed by atoms with Crippen molar-refractivity contribution in [2.45, 2.75) is 38.1 Å². The lowest BCUT2D eigenvalue weighted by Gasteiger charge is -2.25. The molecule has 0 aromatic rings. The van der Waals surface area contributed by atoms with Crippen LogP contribution in [0.3, 0.4) is 0 Å². The SMILES string of the molecule is O=C(NC1CCCC1CO)C1CCOCC1. The normalized spacial score (nSPS) is 31.6. The molecule has 2 aliphatic rings. The van der Waals surface area contributed by atoms with Crippen molar-refractivity contribution in [3.8, 4) is 0 Å². The van der Waals surface area contributed by atoms with E-state index in [2.05, 4.69) is 5.32 Å². The Balaban J connectivity index is 1.81. The van der Waals surface area contributed by atoms with Crippen molar-refractivity contribution >= 4 is 5.91 Å². The van der Waals surface area contributed by atoms with Gasteiger partial charge in [0, 0.05) is 37.7 Å². The fraction of sp³-hybridized carbons (Fsp3) is 0.917. The highest BCUT2D eigenvalue weighted by atomic mass is 16.5. The molecule has 2 rings (SSSR count). The van der Waals surface area contributed by atoms with Crippen LogP contribution < -0.4 is 5.32 Å². The highest BCUT2D eigenvalue weighted by molar-refractivity contribution is 5.79. The summed E-state index contributed by atoms with van der Waals surface area (Å²) >= 11 is 0. The summed E-state index contributed by atoms with van der Waals surface area (Å²) in [6.07, 6.45) is 4.84. The van der Waals surface area contributed by atoms with Crippen molar-refractivity contribution in [1.29, 1.82) is 0 Å². The summed E-state index contributed by atoms with van der Waals surface area (Å²) in [6.45, 7) is 1.59. The Hall–Kier alpha value is -0.610. The lowest BCUT2D eigenvalue weighted by molar-refractivity contribution is -0.128. The van der Waals surface area contributed by atoms with Gasteiger partial charge in [-0.15, -0.1) is 0 Å². The number of rotatable bonds is 3. The van der Waals surface area contributed by atoms with Crippen LogP contribution in [0.1, 0.15) is 32.1 Å². The molecular weight excluding hydrogens is 206 g/mol. The van der Waals surface area contributed by atoms with E-state index in [1.165, 1.54) is 0 Å². The highest BCUT2D eigenvalue weighted by Crippen LogP contribution is 2.26. The van der Waals surface area contributed by atoms with Crippen LogP contribution in [0.25, 0.3) is 0 Å². The molecule has 92 valence electrons. The van der Waals surface area contributed by atoms with Gasteiger partial charge >= 0.3 is 0 Å². The molecule has 1 saturated heterocycles. The minimum atomic E-state index is 0.119. The summed E-state index contributed by atoms with van der Waals surface area (Å²) in [4.78, 5) is 12.0. The van der Waals surface area contributed by atoms with Crippen LogP contribution >= 0.6 is 0 Å². The van der Waals surface area contributed by atoms with E-state index < -0.39 is 0 Å². The van der Waals surface area contributed by atoms with Crippen molar-refractivity contribution in [3.05, 3.63) is 0 Å². The maximum absolute atomic E-state index is 12.0.